The molecule has 1 heterocycles. The molecule has 0 atom stereocenters. The van der Waals surface area contributed by atoms with Crippen molar-refractivity contribution in [1.82, 2.24) is 4.90 Å². The number of carbonyl (C=O) groups excluding carboxylic acids is 3. The van der Waals surface area contributed by atoms with Crippen molar-refractivity contribution in [3.8, 4) is 0 Å². The van der Waals surface area contributed by atoms with Gasteiger partial charge < -0.3 is 10.2 Å². The highest BCUT2D eigenvalue weighted by atomic mass is 35.5. The van der Waals surface area contributed by atoms with Gasteiger partial charge in [0.05, 0.1) is 16.1 Å². The van der Waals surface area contributed by atoms with Gasteiger partial charge in [-0.25, -0.2) is 0 Å². The predicted octanol–water partition coefficient (Wildman–Crippen LogP) is 3.03. The molecule has 0 bridgehead atoms. The first-order valence-corrected chi connectivity index (χ1v) is 8.48. The number of nitrogens with zero attached hydrogens (tertiary/aromatic N) is 2. The highest BCUT2D eigenvalue weighted by Crippen LogP contribution is 2.29. The lowest BCUT2D eigenvalue weighted by molar-refractivity contribution is -0.116. The fourth-order valence-corrected chi connectivity index (χ4v) is 3.03. The van der Waals surface area contributed by atoms with Crippen LogP contribution in [0.5, 0.6) is 0 Å². The molecule has 0 unspecified atom stereocenters. The lowest BCUT2D eigenvalue weighted by Crippen LogP contribution is -2.32. The van der Waals surface area contributed by atoms with E-state index >= 15 is 0 Å². The molecule has 0 aromatic heterocycles. The van der Waals surface area contributed by atoms with Crippen LogP contribution in [0.25, 0.3) is 0 Å². The van der Waals surface area contributed by atoms with Crippen LogP contribution < -0.4 is 10.2 Å². The van der Waals surface area contributed by atoms with Crippen molar-refractivity contribution in [2.24, 2.45) is 0 Å². The van der Waals surface area contributed by atoms with Crippen LogP contribution in [-0.4, -0.2) is 43.3 Å². The summed E-state index contributed by atoms with van der Waals surface area (Å²) in [4.78, 5) is 39.9. The number of halogens is 1. The Balaban J connectivity index is 1.61. The molecule has 0 saturated carbocycles. The number of amides is 3. The summed E-state index contributed by atoms with van der Waals surface area (Å²) in [6.45, 7) is 0.00426. The summed E-state index contributed by atoms with van der Waals surface area (Å²) in [6.07, 6.45) is 0.0124. The average Bonchev–Trinajstić information content (AvgIpc) is 2.85. The normalized spacial score (nSPS) is 13.0. The van der Waals surface area contributed by atoms with Crippen molar-refractivity contribution in [3.05, 3.63) is 58.6 Å². The molecule has 7 heteroatoms. The number of anilines is 2. The summed E-state index contributed by atoms with van der Waals surface area (Å²) in [7, 11) is 3.86. The second kappa shape index (κ2) is 7.17. The molecule has 2 aromatic rings. The third-order valence-electron chi connectivity index (χ3n) is 4.18. The Bertz CT molecular complexity index is 878. The highest BCUT2D eigenvalue weighted by molar-refractivity contribution is 6.37. The Kier molecular flexibility index (Phi) is 4.95. The van der Waals surface area contributed by atoms with Crippen LogP contribution in [0.1, 0.15) is 27.1 Å². The third-order valence-corrected chi connectivity index (χ3v) is 4.49. The van der Waals surface area contributed by atoms with Crippen molar-refractivity contribution in [1.29, 1.82) is 0 Å². The van der Waals surface area contributed by atoms with Gasteiger partial charge >= 0.3 is 0 Å². The third kappa shape index (κ3) is 3.41. The minimum atomic E-state index is -0.460. The Hall–Kier alpha value is -2.86. The van der Waals surface area contributed by atoms with E-state index in [1.807, 2.05) is 31.1 Å². The summed E-state index contributed by atoms with van der Waals surface area (Å²) >= 11 is 6.02. The molecule has 0 saturated heterocycles. The maximum atomic E-state index is 12.4. The molecule has 0 fully saturated rings. The van der Waals surface area contributed by atoms with Crippen molar-refractivity contribution < 1.29 is 14.4 Å². The molecule has 26 heavy (non-hydrogen) atoms. The monoisotopic (exact) mass is 371 g/mol. The number of nitrogens with one attached hydrogen (secondary N) is 1. The van der Waals surface area contributed by atoms with E-state index in [4.69, 9.17) is 11.6 Å². The van der Waals surface area contributed by atoms with Crippen molar-refractivity contribution in [2.75, 3.05) is 30.9 Å². The second-order valence-corrected chi connectivity index (χ2v) is 6.57. The van der Waals surface area contributed by atoms with E-state index in [0.717, 1.165) is 10.6 Å². The van der Waals surface area contributed by atoms with E-state index in [1.165, 1.54) is 0 Å². The van der Waals surface area contributed by atoms with Gasteiger partial charge in [-0.2, -0.15) is 0 Å². The Morgan fingerprint density at radius 3 is 2.38 bits per heavy atom. The van der Waals surface area contributed by atoms with Gasteiger partial charge in [0.1, 0.15) is 0 Å². The molecule has 6 nitrogen and oxygen atoms in total. The van der Waals surface area contributed by atoms with Crippen LogP contribution in [0, 0.1) is 0 Å². The highest BCUT2D eigenvalue weighted by Gasteiger charge is 2.37. The van der Waals surface area contributed by atoms with E-state index in [-0.39, 0.29) is 35.0 Å². The number of carbonyl (C=O) groups is 3. The van der Waals surface area contributed by atoms with Gasteiger partial charge in [-0.3, -0.25) is 19.3 Å². The molecule has 0 radical (unpaired) electrons. The van der Waals surface area contributed by atoms with E-state index in [9.17, 15) is 14.4 Å². The van der Waals surface area contributed by atoms with Gasteiger partial charge in [0.15, 0.2) is 0 Å². The van der Waals surface area contributed by atoms with Crippen LogP contribution >= 0.6 is 11.6 Å². The largest absolute Gasteiger partial charge is 0.378 e. The van der Waals surface area contributed by atoms with Gasteiger partial charge in [-0.1, -0.05) is 17.7 Å². The van der Waals surface area contributed by atoms with Crippen LogP contribution in [0.4, 0.5) is 11.4 Å². The van der Waals surface area contributed by atoms with Gasteiger partial charge in [0.2, 0.25) is 5.91 Å². The lowest BCUT2D eigenvalue weighted by Gasteiger charge is -2.15. The molecule has 1 aliphatic rings. The van der Waals surface area contributed by atoms with Crippen molar-refractivity contribution in [3.63, 3.8) is 0 Å². The Morgan fingerprint density at radius 1 is 1.08 bits per heavy atom. The molecular weight excluding hydrogens is 354 g/mol. The van der Waals surface area contributed by atoms with E-state index < -0.39 is 11.8 Å². The molecule has 0 spiro atoms. The fraction of sp³-hybridized carbons (Fsp3) is 0.211. The minimum absolute atomic E-state index is 0.00426. The molecule has 1 aliphatic heterocycles. The number of fused-ring (bicyclic) bond motifs is 1. The van der Waals surface area contributed by atoms with Gasteiger partial charge in [-0.05, 0) is 36.4 Å². The number of hydrogen-bond acceptors (Lipinski definition) is 4. The number of benzene rings is 2. The van der Waals surface area contributed by atoms with Crippen molar-refractivity contribution >= 4 is 40.7 Å². The maximum Gasteiger partial charge on any atom is 0.263 e. The lowest BCUT2D eigenvalue weighted by atomic mass is 10.1. The molecule has 2 aromatic carbocycles. The van der Waals surface area contributed by atoms with E-state index in [0.29, 0.717) is 5.69 Å². The smallest absolute Gasteiger partial charge is 0.263 e. The van der Waals surface area contributed by atoms with Gasteiger partial charge in [-0.15, -0.1) is 0 Å². The molecule has 3 amide bonds. The first kappa shape index (κ1) is 17.9. The quantitative estimate of drug-likeness (QED) is 0.820. The molecule has 1 N–H and O–H groups in total. The first-order chi connectivity index (χ1) is 12.4. The van der Waals surface area contributed by atoms with Crippen LogP contribution in [0.2, 0.25) is 5.02 Å². The Labute approximate surface area is 156 Å². The minimum Gasteiger partial charge on any atom is -0.378 e. The zero-order valence-electron chi connectivity index (χ0n) is 14.5. The standard InChI is InChI=1S/C19H18ClN3O3/c1-22(2)13-8-6-12(7-9-13)21-16(24)10-11-23-18(25)14-4-3-5-15(20)17(14)19(23)26/h3-9H,10-11H2,1-2H3,(H,21,24). The van der Waals surface area contributed by atoms with Crippen LogP contribution in [-0.2, 0) is 4.79 Å². The molecule has 3 rings (SSSR count). The summed E-state index contributed by atoms with van der Waals surface area (Å²) in [5, 5.41) is 3.01. The first-order valence-electron chi connectivity index (χ1n) is 8.10. The van der Waals surface area contributed by atoms with E-state index in [1.54, 1.807) is 30.3 Å². The average molecular weight is 372 g/mol. The SMILES string of the molecule is CN(C)c1ccc(NC(=O)CCN2C(=O)c3cccc(Cl)c3C2=O)cc1. The van der Waals surface area contributed by atoms with Gasteiger partial charge in [0, 0.05) is 38.4 Å². The summed E-state index contributed by atoms with van der Waals surface area (Å²) in [5.41, 5.74) is 2.16. The molecule has 134 valence electrons. The fourth-order valence-electron chi connectivity index (χ4n) is 2.78. The topological polar surface area (TPSA) is 69.7 Å². The number of rotatable bonds is 5. The Morgan fingerprint density at radius 2 is 1.77 bits per heavy atom. The maximum absolute atomic E-state index is 12.4. The number of imide groups is 1. The summed E-state index contributed by atoms with van der Waals surface area (Å²) < 4.78 is 0. The second-order valence-electron chi connectivity index (χ2n) is 6.16. The molecular formula is C19H18ClN3O3. The summed E-state index contributed by atoms with van der Waals surface area (Å²) in [6, 6.07) is 12.1. The predicted molar refractivity (Wildman–Crippen MR) is 101 cm³/mol. The van der Waals surface area contributed by atoms with Crippen molar-refractivity contribution in [2.45, 2.75) is 6.42 Å². The zero-order chi connectivity index (χ0) is 18.8. The van der Waals surface area contributed by atoms with Crippen LogP contribution in [0.3, 0.4) is 0 Å². The van der Waals surface area contributed by atoms with Gasteiger partial charge in [0.25, 0.3) is 11.8 Å². The number of hydrogen-bond donors (Lipinski definition) is 1. The van der Waals surface area contributed by atoms with E-state index in [2.05, 4.69) is 5.32 Å². The summed E-state index contributed by atoms with van der Waals surface area (Å²) in [5.74, 6) is -1.15. The molecule has 0 aliphatic carbocycles. The van der Waals surface area contributed by atoms with Crippen LogP contribution in [0.15, 0.2) is 42.5 Å². The zero-order valence-corrected chi connectivity index (χ0v) is 15.2.